The van der Waals surface area contributed by atoms with Crippen molar-refractivity contribution in [2.75, 3.05) is 13.2 Å². The summed E-state index contributed by atoms with van der Waals surface area (Å²) in [6, 6.07) is -0.270. The van der Waals surface area contributed by atoms with E-state index in [0.29, 0.717) is 37.5 Å². The van der Waals surface area contributed by atoms with Crippen LogP contribution in [-0.2, 0) is 14.3 Å². The zero-order valence-electron chi connectivity index (χ0n) is 22.0. The molecule has 0 aromatic carbocycles. The number of azide groups is 2. The third-order valence-electron chi connectivity index (χ3n) is 8.64. The van der Waals surface area contributed by atoms with E-state index in [1.807, 2.05) is 0 Å². The van der Waals surface area contributed by atoms with Crippen LogP contribution in [0.25, 0.3) is 20.9 Å². The number of ether oxygens (including phenoxy) is 2. The zero-order valence-corrected chi connectivity index (χ0v) is 22.0. The summed E-state index contributed by atoms with van der Waals surface area (Å²) in [7, 11) is 0. The first-order chi connectivity index (χ1) is 18.5. The number of aliphatic carboxylic acids is 1. The van der Waals surface area contributed by atoms with Gasteiger partial charge in [0.1, 0.15) is 0 Å². The van der Waals surface area contributed by atoms with Crippen molar-refractivity contribution in [2.45, 2.75) is 114 Å². The predicted molar refractivity (Wildman–Crippen MR) is 140 cm³/mol. The summed E-state index contributed by atoms with van der Waals surface area (Å²) in [6.07, 6.45) is 9.62. The van der Waals surface area contributed by atoms with Gasteiger partial charge in [-0.15, -0.1) is 0 Å². The summed E-state index contributed by atoms with van der Waals surface area (Å²) in [5, 5.41) is 27.7. The number of hydrogen-bond acceptors (Lipinski definition) is 7. The van der Waals surface area contributed by atoms with Crippen LogP contribution in [0.3, 0.4) is 0 Å². The summed E-state index contributed by atoms with van der Waals surface area (Å²) >= 11 is 0. The van der Waals surface area contributed by atoms with Crippen LogP contribution in [-0.4, -0.2) is 59.1 Å². The van der Waals surface area contributed by atoms with E-state index < -0.39 is 17.6 Å². The average molecular weight is 530 g/mol. The molecule has 1 heterocycles. The molecule has 2 saturated carbocycles. The van der Waals surface area contributed by atoms with Gasteiger partial charge < -0.3 is 19.7 Å². The molecule has 0 saturated heterocycles. The van der Waals surface area contributed by atoms with Crippen LogP contribution in [0, 0.1) is 11.8 Å². The Morgan fingerprint density at radius 1 is 1.08 bits per heavy atom. The number of aliphatic hydroxyl groups is 1. The first kappa shape index (κ1) is 28.2. The fourth-order valence-electron chi connectivity index (χ4n) is 6.65. The van der Waals surface area contributed by atoms with Gasteiger partial charge in [0.2, 0.25) is 5.54 Å². The molecule has 2 N–H and O–H groups in total. The lowest BCUT2D eigenvalue weighted by atomic mass is 9.72. The van der Waals surface area contributed by atoms with Crippen LogP contribution in [0.4, 0.5) is 0 Å². The fraction of sp³-hybridized carbons (Fsp3) is 0.846. The van der Waals surface area contributed by atoms with E-state index in [9.17, 15) is 15.4 Å². The van der Waals surface area contributed by atoms with E-state index in [0.717, 1.165) is 69.8 Å². The maximum atomic E-state index is 13.1. The summed E-state index contributed by atoms with van der Waals surface area (Å²) < 4.78 is 12.4. The Balaban J connectivity index is 1.65. The minimum atomic E-state index is -1.56. The number of carboxylic acids is 1. The molecule has 4 aliphatic rings. The first-order valence-electron chi connectivity index (χ1n) is 14.1. The van der Waals surface area contributed by atoms with E-state index in [-0.39, 0.29) is 37.0 Å². The van der Waals surface area contributed by atoms with Crippen LogP contribution < -0.4 is 0 Å². The Morgan fingerprint density at radius 2 is 1.84 bits per heavy atom. The largest absolute Gasteiger partial charge is 0.479 e. The van der Waals surface area contributed by atoms with Crippen molar-refractivity contribution in [3.63, 3.8) is 0 Å². The Labute approximate surface area is 222 Å². The highest BCUT2D eigenvalue weighted by molar-refractivity contribution is 5.91. The quantitative estimate of drug-likeness (QED) is 0.144. The maximum absolute atomic E-state index is 13.1. The second-order valence-corrected chi connectivity index (χ2v) is 11.0. The number of carboxylic acid groups (broad SMARTS) is 1. The smallest absolute Gasteiger partial charge is 0.336 e. The molecule has 12 nitrogen and oxygen atoms in total. The Hall–Kier alpha value is -2.78. The van der Waals surface area contributed by atoms with E-state index in [1.54, 1.807) is 0 Å². The van der Waals surface area contributed by atoms with Crippen LogP contribution in [0.1, 0.15) is 89.9 Å². The fourth-order valence-corrected chi connectivity index (χ4v) is 6.65. The average Bonchev–Trinajstić information content (AvgIpc) is 3.31. The molecule has 208 valence electrons. The van der Waals surface area contributed by atoms with Gasteiger partial charge in [0.05, 0.1) is 6.10 Å². The highest BCUT2D eigenvalue weighted by Gasteiger charge is 2.57. The van der Waals surface area contributed by atoms with Crippen molar-refractivity contribution >= 4 is 11.9 Å². The van der Waals surface area contributed by atoms with Gasteiger partial charge in [0, 0.05) is 40.7 Å². The van der Waals surface area contributed by atoms with Crippen molar-refractivity contribution < 1.29 is 24.5 Å². The van der Waals surface area contributed by atoms with E-state index in [2.05, 4.69) is 20.1 Å². The van der Waals surface area contributed by atoms with Gasteiger partial charge >= 0.3 is 5.97 Å². The lowest BCUT2D eigenvalue weighted by Gasteiger charge is -2.37. The number of nitrogens with zero attached hydrogens (tertiary/aromatic N) is 7. The summed E-state index contributed by atoms with van der Waals surface area (Å²) in [5.74, 6) is -0.710. The lowest BCUT2D eigenvalue weighted by molar-refractivity contribution is -0.146. The van der Waals surface area contributed by atoms with Gasteiger partial charge in [-0.1, -0.05) is 23.1 Å². The number of allylic oxidation sites excluding steroid dienone is 1. The lowest BCUT2D eigenvalue weighted by Crippen LogP contribution is -2.50. The molecule has 12 heteroatoms. The van der Waals surface area contributed by atoms with E-state index in [4.69, 9.17) is 25.1 Å². The minimum Gasteiger partial charge on any atom is -0.479 e. The Bertz CT molecular complexity index is 1010. The maximum Gasteiger partial charge on any atom is 0.336 e. The molecule has 0 amide bonds. The molecule has 0 spiro atoms. The Kier molecular flexibility index (Phi) is 9.91. The molecular formula is C26H39N7O5. The molecule has 4 rings (SSSR count). The monoisotopic (exact) mass is 529 g/mol. The molecule has 0 aromatic rings. The van der Waals surface area contributed by atoms with E-state index >= 15 is 0 Å². The number of aliphatic imine (C=N–C) groups is 1. The van der Waals surface area contributed by atoms with Crippen LogP contribution in [0.5, 0.6) is 0 Å². The highest BCUT2D eigenvalue weighted by Crippen LogP contribution is 2.46. The predicted octanol–water partition coefficient (Wildman–Crippen LogP) is 5.96. The normalized spacial score (nSPS) is 33.5. The first-order valence-corrected chi connectivity index (χ1v) is 14.1. The molecule has 0 aromatic heterocycles. The van der Waals surface area contributed by atoms with Crippen molar-refractivity contribution in [3.05, 3.63) is 32.2 Å². The second kappa shape index (κ2) is 13.3. The van der Waals surface area contributed by atoms with Crippen molar-refractivity contribution in [3.8, 4) is 0 Å². The van der Waals surface area contributed by atoms with Crippen LogP contribution >= 0.6 is 0 Å². The molecule has 3 aliphatic carbocycles. The van der Waals surface area contributed by atoms with Gasteiger partial charge in [-0.2, -0.15) is 0 Å². The second-order valence-electron chi connectivity index (χ2n) is 11.0. The van der Waals surface area contributed by atoms with Gasteiger partial charge in [-0.25, -0.2) is 9.79 Å². The molecule has 0 radical (unpaired) electrons. The highest BCUT2D eigenvalue weighted by atomic mass is 16.5. The third-order valence-corrected chi connectivity index (χ3v) is 8.64. The van der Waals surface area contributed by atoms with Gasteiger partial charge in [-0.05, 0) is 99.6 Å². The van der Waals surface area contributed by atoms with Crippen LogP contribution in [0.2, 0.25) is 0 Å². The summed E-state index contributed by atoms with van der Waals surface area (Å²) in [6.45, 7) is 0.630. The Morgan fingerprint density at radius 3 is 2.55 bits per heavy atom. The summed E-state index contributed by atoms with van der Waals surface area (Å²) in [5.41, 5.74) is 18.1. The molecule has 1 aliphatic heterocycles. The van der Waals surface area contributed by atoms with Crippen molar-refractivity contribution in [1.82, 2.24) is 0 Å². The minimum absolute atomic E-state index is 0.0113. The summed E-state index contributed by atoms with van der Waals surface area (Å²) in [4.78, 5) is 24.1. The molecule has 4 atom stereocenters. The van der Waals surface area contributed by atoms with Gasteiger partial charge in [0.25, 0.3) is 0 Å². The van der Waals surface area contributed by atoms with Gasteiger partial charge in [-0.3, -0.25) is 0 Å². The molecule has 2 unspecified atom stereocenters. The number of aliphatic hydroxyl groups excluding tert-OH is 1. The molecule has 0 bridgehead atoms. The van der Waals surface area contributed by atoms with Crippen LogP contribution in [0.15, 0.2) is 26.5 Å². The number of carbonyl (C=O) groups is 1. The van der Waals surface area contributed by atoms with E-state index in [1.165, 1.54) is 0 Å². The van der Waals surface area contributed by atoms with Crippen molar-refractivity contribution in [1.29, 1.82) is 0 Å². The zero-order chi connectivity index (χ0) is 27.0. The third kappa shape index (κ3) is 6.26. The van der Waals surface area contributed by atoms with Crippen molar-refractivity contribution in [2.24, 2.45) is 27.1 Å². The molecular weight excluding hydrogens is 490 g/mol. The standard InChI is InChI=1S/C26H39N7O5/c27-32-30-21-8-3-1-6-18(21)16-26(25(35)36)23(20-7-2-4-9-22(20)31-33-28)38-24(29-26)17-10-12-19(13-11-17)37-15-5-14-34/h17-19,21,23,34H,1-16H2,(H,35,36)/t17?,18?,19?,21?,23-,26-/m1/s1. The number of hydrogen-bond donors (Lipinski definition) is 2. The molecule has 2 fully saturated rings. The topological polar surface area (TPSA) is 186 Å². The van der Waals surface area contributed by atoms with Gasteiger partial charge in [0.15, 0.2) is 12.0 Å². The molecule has 38 heavy (non-hydrogen) atoms. The SMILES string of the molecule is [N-]=[N+]=NC1=C([C@H]2OC(C3CCC(OCCCO)CC3)=N[C@@]2(CC2CCCCC2N=[N+]=[N-])C(=O)O)CCCC1. The number of rotatable bonds is 11.